The highest BCUT2D eigenvalue weighted by molar-refractivity contribution is 5.91. The number of nitrogens with one attached hydrogen (secondary N) is 1. The van der Waals surface area contributed by atoms with Gasteiger partial charge in [0.2, 0.25) is 0 Å². The van der Waals surface area contributed by atoms with Crippen LogP contribution in [0.25, 0.3) is 0 Å². The minimum absolute atomic E-state index is 0.221. The second kappa shape index (κ2) is 7.47. The quantitative estimate of drug-likeness (QED) is 0.596. The van der Waals surface area contributed by atoms with Gasteiger partial charge < -0.3 is 5.32 Å². The van der Waals surface area contributed by atoms with E-state index in [0.717, 1.165) is 54.9 Å². The van der Waals surface area contributed by atoms with Gasteiger partial charge in [-0.3, -0.25) is 4.79 Å². The molecule has 0 aromatic heterocycles. The fourth-order valence-electron chi connectivity index (χ4n) is 8.17. The standard InChI is InChI=1S/C26H43NO/c1-17(2)7-6-8-18(3)21-9-10-22-20-16-27-24-15-19(28)11-13-26(24,5)23(20)12-14-25(21,22)4/h15,17-18,20-23,27H,6-14,16H2,1-5H3/t18?,20?,21?,22?,23?,25-,26-/m1/s1. The van der Waals surface area contributed by atoms with Crippen LogP contribution in [0.4, 0.5) is 0 Å². The average molecular weight is 386 g/mol. The molecule has 1 aliphatic heterocycles. The molecule has 28 heavy (non-hydrogen) atoms. The second-order valence-electron chi connectivity index (χ2n) is 11.7. The number of allylic oxidation sites excluding steroid dienone is 2. The van der Waals surface area contributed by atoms with Crippen LogP contribution in [0.2, 0.25) is 0 Å². The molecule has 3 fully saturated rings. The number of ketones is 1. The van der Waals surface area contributed by atoms with Gasteiger partial charge in [-0.25, -0.2) is 0 Å². The van der Waals surface area contributed by atoms with Gasteiger partial charge in [0.15, 0.2) is 5.78 Å². The third-order valence-corrected chi connectivity index (χ3v) is 9.80. The molecular formula is C26H43NO. The summed E-state index contributed by atoms with van der Waals surface area (Å²) in [6, 6.07) is 0. The number of hydrogen-bond donors (Lipinski definition) is 1. The minimum atomic E-state index is 0.221. The van der Waals surface area contributed by atoms with Gasteiger partial charge in [0, 0.05) is 30.2 Å². The molecule has 2 nitrogen and oxygen atoms in total. The summed E-state index contributed by atoms with van der Waals surface area (Å²) in [5.74, 6) is 5.43. The summed E-state index contributed by atoms with van der Waals surface area (Å²) in [6.07, 6.45) is 13.6. The Morgan fingerprint density at radius 3 is 2.61 bits per heavy atom. The average Bonchev–Trinajstić information content (AvgIpc) is 2.99. The minimum Gasteiger partial charge on any atom is -0.387 e. The van der Waals surface area contributed by atoms with Gasteiger partial charge in [-0.15, -0.1) is 0 Å². The molecule has 0 aromatic carbocycles. The lowest BCUT2D eigenvalue weighted by Crippen LogP contribution is -2.56. The van der Waals surface area contributed by atoms with Gasteiger partial charge in [0.1, 0.15) is 0 Å². The second-order valence-corrected chi connectivity index (χ2v) is 11.7. The van der Waals surface area contributed by atoms with Gasteiger partial charge in [0.25, 0.3) is 0 Å². The summed E-state index contributed by atoms with van der Waals surface area (Å²) in [6.45, 7) is 13.5. The first-order valence-electron chi connectivity index (χ1n) is 12.2. The first-order chi connectivity index (χ1) is 13.3. The molecule has 3 aliphatic carbocycles. The zero-order valence-corrected chi connectivity index (χ0v) is 19.0. The Labute approximate surface area is 173 Å². The topological polar surface area (TPSA) is 29.1 Å². The van der Waals surface area contributed by atoms with Gasteiger partial charge in [-0.1, -0.05) is 53.9 Å². The van der Waals surface area contributed by atoms with E-state index in [2.05, 4.69) is 39.9 Å². The Bertz CT molecular complexity index is 636. The van der Waals surface area contributed by atoms with Crippen LogP contribution in [-0.2, 0) is 4.79 Å². The highest BCUT2D eigenvalue weighted by Gasteiger charge is 2.59. The maximum atomic E-state index is 12.0. The SMILES string of the molecule is CC(C)CCCC(C)C1CCC2C3CNC4=CC(=O)CC[C@]4(C)C3CC[C@]12C. The van der Waals surface area contributed by atoms with Gasteiger partial charge in [0.05, 0.1) is 0 Å². The fourth-order valence-corrected chi connectivity index (χ4v) is 8.17. The molecule has 0 spiro atoms. The van der Waals surface area contributed by atoms with E-state index in [1.54, 1.807) is 0 Å². The molecule has 1 saturated heterocycles. The van der Waals surface area contributed by atoms with Crippen LogP contribution < -0.4 is 5.32 Å². The Hall–Kier alpha value is -0.790. The molecule has 2 saturated carbocycles. The van der Waals surface area contributed by atoms with Crippen molar-refractivity contribution in [1.82, 2.24) is 5.32 Å². The Kier molecular flexibility index (Phi) is 5.47. The zero-order valence-electron chi connectivity index (χ0n) is 19.0. The van der Waals surface area contributed by atoms with E-state index in [4.69, 9.17) is 0 Å². The van der Waals surface area contributed by atoms with E-state index < -0.39 is 0 Å². The molecule has 0 radical (unpaired) electrons. The third kappa shape index (κ3) is 3.27. The first kappa shape index (κ1) is 20.5. The summed E-state index contributed by atoms with van der Waals surface area (Å²) >= 11 is 0. The monoisotopic (exact) mass is 385 g/mol. The van der Waals surface area contributed by atoms with E-state index in [1.165, 1.54) is 50.6 Å². The molecule has 4 aliphatic rings. The molecule has 1 N–H and O–H groups in total. The van der Waals surface area contributed by atoms with Crippen molar-refractivity contribution in [2.24, 2.45) is 46.3 Å². The van der Waals surface area contributed by atoms with Gasteiger partial charge in [-0.2, -0.15) is 0 Å². The lowest BCUT2D eigenvalue weighted by molar-refractivity contribution is -0.117. The molecule has 0 amide bonds. The molecule has 0 bridgehead atoms. The maximum Gasteiger partial charge on any atom is 0.157 e. The van der Waals surface area contributed by atoms with Crippen molar-refractivity contribution in [2.75, 3.05) is 6.54 Å². The molecule has 7 atom stereocenters. The van der Waals surface area contributed by atoms with Crippen molar-refractivity contribution in [2.45, 2.75) is 92.4 Å². The van der Waals surface area contributed by atoms with E-state index >= 15 is 0 Å². The predicted molar refractivity (Wildman–Crippen MR) is 117 cm³/mol. The Morgan fingerprint density at radius 1 is 1.07 bits per heavy atom. The van der Waals surface area contributed by atoms with Crippen LogP contribution in [0.5, 0.6) is 0 Å². The number of carbonyl (C=O) groups is 1. The highest BCUT2D eigenvalue weighted by atomic mass is 16.1. The number of carbonyl (C=O) groups excluding carboxylic acids is 1. The van der Waals surface area contributed by atoms with Crippen molar-refractivity contribution in [3.63, 3.8) is 0 Å². The summed E-state index contributed by atoms with van der Waals surface area (Å²) in [5, 5.41) is 3.75. The Morgan fingerprint density at radius 2 is 1.86 bits per heavy atom. The zero-order chi connectivity index (χ0) is 20.1. The smallest absolute Gasteiger partial charge is 0.157 e. The van der Waals surface area contributed by atoms with Crippen molar-refractivity contribution in [3.8, 4) is 0 Å². The van der Waals surface area contributed by atoms with Crippen LogP contribution in [0.1, 0.15) is 92.4 Å². The van der Waals surface area contributed by atoms with Crippen LogP contribution in [0, 0.1) is 46.3 Å². The number of hydrogen-bond acceptors (Lipinski definition) is 2. The van der Waals surface area contributed by atoms with Gasteiger partial charge >= 0.3 is 0 Å². The van der Waals surface area contributed by atoms with E-state index in [0.29, 0.717) is 11.2 Å². The summed E-state index contributed by atoms with van der Waals surface area (Å²) < 4.78 is 0. The van der Waals surface area contributed by atoms with Crippen LogP contribution in [0.3, 0.4) is 0 Å². The molecule has 2 heteroatoms. The molecule has 4 rings (SSSR count). The predicted octanol–water partition coefficient (Wildman–Crippen LogP) is 6.36. The Balaban J connectivity index is 1.49. The largest absolute Gasteiger partial charge is 0.387 e. The first-order valence-corrected chi connectivity index (χ1v) is 12.2. The van der Waals surface area contributed by atoms with Crippen molar-refractivity contribution in [3.05, 3.63) is 11.8 Å². The van der Waals surface area contributed by atoms with E-state index in [1.807, 2.05) is 6.08 Å². The van der Waals surface area contributed by atoms with Crippen molar-refractivity contribution in [1.29, 1.82) is 0 Å². The van der Waals surface area contributed by atoms with Crippen LogP contribution in [0.15, 0.2) is 11.8 Å². The highest BCUT2D eigenvalue weighted by Crippen LogP contribution is 2.65. The fraction of sp³-hybridized carbons (Fsp3) is 0.885. The molecule has 0 aromatic rings. The third-order valence-electron chi connectivity index (χ3n) is 9.80. The number of piperidine rings is 1. The summed E-state index contributed by atoms with van der Waals surface area (Å²) in [5.41, 5.74) is 2.03. The molecular weight excluding hydrogens is 342 g/mol. The lowest BCUT2D eigenvalue weighted by atomic mass is 9.49. The van der Waals surface area contributed by atoms with Crippen LogP contribution >= 0.6 is 0 Å². The maximum absolute atomic E-state index is 12.0. The number of rotatable bonds is 5. The van der Waals surface area contributed by atoms with Crippen LogP contribution in [-0.4, -0.2) is 12.3 Å². The van der Waals surface area contributed by atoms with E-state index in [-0.39, 0.29) is 5.41 Å². The summed E-state index contributed by atoms with van der Waals surface area (Å²) in [7, 11) is 0. The summed E-state index contributed by atoms with van der Waals surface area (Å²) in [4.78, 5) is 12.0. The molecule has 158 valence electrons. The van der Waals surface area contributed by atoms with Crippen molar-refractivity contribution < 1.29 is 4.79 Å². The van der Waals surface area contributed by atoms with Crippen molar-refractivity contribution >= 4 is 5.78 Å². The van der Waals surface area contributed by atoms with E-state index in [9.17, 15) is 4.79 Å². The molecule has 5 unspecified atom stereocenters. The molecule has 1 heterocycles. The van der Waals surface area contributed by atoms with Gasteiger partial charge in [-0.05, 0) is 73.0 Å². The normalized spacial score (nSPS) is 43.6. The number of fused-ring (bicyclic) bond motifs is 5. The lowest BCUT2D eigenvalue weighted by Gasteiger charge is -2.58.